The maximum Gasteiger partial charge on any atom is 0.326 e. The second kappa shape index (κ2) is 5.97. The van der Waals surface area contributed by atoms with Crippen LogP contribution in [0, 0.1) is 0 Å². The first-order valence-electron chi connectivity index (χ1n) is 7.03. The number of aliphatic carboxylic acids is 1. The molecule has 0 saturated carbocycles. The van der Waals surface area contributed by atoms with Crippen molar-refractivity contribution in [3.05, 3.63) is 0 Å². The van der Waals surface area contributed by atoms with Gasteiger partial charge >= 0.3 is 12.0 Å². The van der Waals surface area contributed by atoms with Crippen molar-refractivity contribution in [3.63, 3.8) is 0 Å². The lowest BCUT2D eigenvalue weighted by Crippen LogP contribution is -2.51. The molecule has 0 aromatic rings. The summed E-state index contributed by atoms with van der Waals surface area (Å²) in [5.74, 6) is -0.945. The van der Waals surface area contributed by atoms with Gasteiger partial charge in [0.2, 0.25) is 0 Å². The number of hydrogen-bond donors (Lipinski definition) is 2. The van der Waals surface area contributed by atoms with Crippen LogP contribution in [0.2, 0.25) is 0 Å². The van der Waals surface area contributed by atoms with E-state index in [0.717, 1.165) is 6.42 Å². The molecule has 20 heavy (non-hydrogen) atoms. The highest BCUT2D eigenvalue weighted by molar-refractivity contribution is 5.83. The van der Waals surface area contributed by atoms with Gasteiger partial charge in [-0.1, -0.05) is 0 Å². The third-order valence-corrected chi connectivity index (χ3v) is 4.00. The van der Waals surface area contributed by atoms with Crippen LogP contribution in [0.1, 0.15) is 19.3 Å². The molecular formula is C13H23N3O4. The van der Waals surface area contributed by atoms with Crippen LogP contribution in [-0.4, -0.2) is 88.8 Å². The number of β-amino-alcohol motifs (C(OH)–C–C–N with tert-alkyl or cyclic N) is 1. The molecule has 7 heteroatoms. The molecule has 3 atom stereocenters. The van der Waals surface area contributed by atoms with Crippen molar-refractivity contribution in [2.24, 2.45) is 0 Å². The fourth-order valence-electron chi connectivity index (χ4n) is 3.14. The lowest BCUT2D eigenvalue weighted by Gasteiger charge is -2.32. The smallest absolute Gasteiger partial charge is 0.326 e. The second-order valence-corrected chi connectivity index (χ2v) is 5.93. The van der Waals surface area contributed by atoms with Crippen LogP contribution < -0.4 is 0 Å². The molecule has 2 saturated heterocycles. The first-order valence-corrected chi connectivity index (χ1v) is 7.03. The molecule has 2 aliphatic rings. The first kappa shape index (κ1) is 15.1. The predicted molar refractivity (Wildman–Crippen MR) is 72.4 cm³/mol. The molecule has 2 N–H and O–H groups in total. The molecule has 2 unspecified atom stereocenters. The van der Waals surface area contributed by atoms with Crippen molar-refractivity contribution in [1.82, 2.24) is 14.7 Å². The highest BCUT2D eigenvalue weighted by Crippen LogP contribution is 2.25. The molecule has 2 aliphatic heterocycles. The molecule has 0 radical (unpaired) electrons. The number of amides is 2. The quantitative estimate of drug-likeness (QED) is 0.740. The highest BCUT2D eigenvalue weighted by atomic mass is 16.4. The van der Waals surface area contributed by atoms with Crippen LogP contribution >= 0.6 is 0 Å². The Kier molecular flexibility index (Phi) is 4.49. The zero-order valence-corrected chi connectivity index (χ0v) is 12.0. The van der Waals surface area contributed by atoms with E-state index in [1.165, 1.54) is 4.90 Å². The monoisotopic (exact) mass is 285 g/mol. The van der Waals surface area contributed by atoms with Gasteiger partial charge in [0.1, 0.15) is 6.04 Å². The number of nitrogens with zero attached hydrogens (tertiary/aromatic N) is 3. The SMILES string of the molecule is CN(C)CC1CC(O)CN1C(=O)N1CCC[C@@H]1C(=O)O. The molecule has 7 nitrogen and oxygen atoms in total. The summed E-state index contributed by atoms with van der Waals surface area (Å²) in [4.78, 5) is 28.8. The summed E-state index contributed by atoms with van der Waals surface area (Å²) in [5.41, 5.74) is 0. The van der Waals surface area contributed by atoms with E-state index >= 15 is 0 Å². The van der Waals surface area contributed by atoms with Crippen LogP contribution in [0.4, 0.5) is 4.79 Å². The summed E-state index contributed by atoms with van der Waals surface area (Å²) in [7, 11) is 3.84. The van der Waals surface area contributed by atoms with E-state index in [9.17, 15) is 14.7 Å². The second-order valence-electron chi connectivity index (χ2n) is 5.93. The third-order valence-electron chi connectivity index (χ3n) is 4.00. The summed E-state index contributed by atoms with van der Waals surface area (Å²) < 4.78 is 0. The molecule has 0 aromatic heterocycles. The standard InChI is InChI=1S/C13H23N3O4/c1-14(2)7-9-6-10(17)8-16(9)13(20)15-5-3-4-11(15)12(18)19/h9-11,17H,3-8H2,1-2H3,(H,18,19)/t9?,10?,11-/m1/s1. The lowest BCUT2D eigenvalue weighted by atomic mass is 10.2. The van der Waals surface area contributed by atoms with Crippen LogP contribution in [0.5, 0.6) is 0 Å². The van der Waals surface area contributed by atoms with E-state index < -0.39 is 18.1 Å². The van der Waals surface area contributed by atoms with E-state index in [0.29, 0.717) is 32.5 Å². The van der Waals surface area contributed by atoms with Crippen LogP contribution in [0.15, 0.2) is 0 Å². The predicted octanol–water partition coefficient (Wildman–Crippen LogP) is -0.348. The van der Waals surface area contributed by atoms with Crippen molar-refractivity contribution >= 4 is 12.0 Å². The Bertz CT molecular complexity index is 388. The lowest BCUT2D eigenvalue weighted by molar-refractivity contribution is -0.141. The number of hydrogen-bond acceptors (Lipinski definition) is 4. The number of aliphatic hydroxyl groups is 1. The number of likely N-dealkylation sites (tertiary alicyclic amines) is 2. The van der Waals surface area contributed by atoms with Gasteiger partial charge in [0.25, 0.3) is 0 Å². The molecule has 2 amide bonds. The maximum atomic E-state index is 12.6. The van der Waals surface area contributed by atoms with Gasteiger partial charge in [-0.2, -0.15) is 0 Å². The van der Waals surface area contributed by atoms with Crippen LogP contribution in [-0.2, 0) is 4.79 Å². The Labute approximate surface area is 118 Å². The minimum atomic E-state index is -0.945. The van der Waals surface area contributed by atoms with Crippen molar-refractivity contribution in [1.29, 1.82) is 0 Å². The fraction of sp³-hybridized carbons (Fsp3) is 0.846. The number of aliphatic hydroxyl groups excluding tert-OH is 1. The Morgan fingerprint density at radius 3 is 2.60 bits per heavy atom. The molecule has 114 valence electrons. The minimum absolute atomic E-state index is 0.0532. The van der Waals surface area contributed by atoms with E-state index in [4.69, 9.17) is 5.11 Å². The van der Waals surface area contributed by atoms with Gasteiger partial charge in [-0.25, -0.2) is 9.59 Å². The van der Waals surface area contributed by atoms with Gasteiger partial charge in [-0.15, -0.1) is 0 Å². The summed E-state index contributed by atoms with van der Waals surface area (Å²) >= 11 is 0. The number of carbonyl (C=O) groups excluding carboxylic acids is 1. The number of carbonyl (C=O) groups is 2. The first-order chi connectivity index (χ1) is 9.40. The molecule has 0 bridgehead atoms. The summed E-state index contributed by atoms with van der Waals surface area (Å²) in [5, 5.41) is 19.0. The van der Waals surface area contributed by atoms with Crippen molar-refractivity contribution < 1.29 is 19.8 Å². The number of urea groups is 1. The molecule has 2 heterocycles. The Hall–Kier alpha value is -1.34. The molecule has 0 aromatic carbocycles. The Morgan fingerprint density at radius 1 is 1.30 bits per heavy atom. The normalized spacial score (nSPS) is 30.3. The third kappa shape index (κ3) is 3.04. The minimum Gasteiger partial charge on any atom is -0.480 e. The highest BCUT2D eigenvalue weighted by Gasteiger charge is 2.41. The van der Waals surface area contributed by atoms with Gasteiger partial charge in [-0.05, 0) is 33.4 Å². The number of carboxylic acids is 1. The fourth-order valence-corrected chi connectivity index (χ4v) is 3.14. The summed E-state index contributed by atoms with van der Waals surface area (Å²) in [6.45, 7) is 1.45. The van der Waals surface area contributed by atoms with Gasteiger partial charge in [0.05, 0.1) is 6.10 Å². The van der Waals surface area contributed by atoms with Gasteiger partial charge in [0, 0.05) is 25.7 Å². The van der Waals surface area contributed by atoms with Crippen molar-refractivity contribution in [2.45, 2.75) is 37.5 Å². The Balaban J connectivity index is 2.08. The average Bonchev–Trinajstić information content (AvgIpc) is 2.94. The Morgan fingerprint density at radius 2 is 2.00 bits per heavy atom. The summed E-state index contributed by atoms with van der Waals surface area (Å²) in [6.07, 6.45) is 1.26. The summed E-state index contributed by atoms with van der Waals surface area (Å²) in [6, 6.07) is -1.03. The van der Waals surface area contributed by atoms with E-state index in [2.05, 4.69) is 0 Å². The topological polar surface area (TPSA) is 84.3 Å². The van der Waals surface area contributed by atoms with E-state index in [1.807, 2.05) is 19.0 Å². The number of likely N-dealkylation sites (N-methyl/N-ethyl adjacent to an activating group) is 1. The maximum absolute atomic E-state index is 12.6. The molecule has 2 rings (SSSR count). The van der Waals surface area contributed by atoms with Crippen molar-refractivity contribution in [3.8, 4) is 0 Å². The number of rotatable bonds is 3. The van der Waals surface area contributed by atoms with E-state index in [1.54, 1.807) is 4.90 Å². The van der Waals surface area contributed by atoms with Crippen molar-refractivity contribution in [2.75, 3.05) is 33.7 Å². The average molecular weight is 285 g/mol. The molecular weight excluding hydrogens is 262 g/mol. The largest absolute Gasteiger partial charge is 0.480 e. The van der Waals surface area contributed by atoms with Gasteiger partial charge in [0.15, 0.2) is 0 Å². The van der Waals surface area contributed by atoms with Crippen LogP contribution in [0.3, 0.4) is 0 Å². The zero-order valence-electron chi connectivity index (χ0n) is 12.0. The van der Waals surface area contributed by atoms with Crippen LogP contribution in [0.25, 0.3) is 0 Å². The van der Waals surface area contributed by atoms with Gasteiger partial charge in [-0.3, -0.25) is 0 Å². The van der Waals surface area contributed by atoms with E-state index in [-0.39, 0.29) is 12.1 Å². The zero-order chi connectivity index (χ0) is 14.9. The molecule has 2 fully saturated rings. The molecule has 0 spiro atoms. The number of carboxylic acid groups (broad SMARTS) is 1. The van der Waals surface area contributed by atoms with Gasteiger partial charge < -0.3 is 24.9 Å². The molecule has 0 aliphatic carbocycles.